The third-order valence-electron chi connectivity index (χ3n) is 6.07. The van der Waals surface area contributed by atoms with E-state index in [0.29, 0.717) is 22.8 Å². The molecule has 0 aromatic heterocycles. The molecule has 0 N–H and O–H groups in total. The molecule has 1 heterocycles. The third kappa shape index (κ3) is 5.45. The zero-order chi connectivity index (χ0) is 24.8. The van der Waals surface area contributed by atoms with Crippen molar-refractivity contribution >= 4 is 17.8 Å². The van der Waals surface area contributed by atoms with Gasteiger partial charge in [0, 0.05) is 18.0 Å². The number of allylic oxidation sites excluding steroid dienone is 1. The van der Waals surface area contributed by atoms with Crippen LogP contribution in [0.15, 0.2) is 72.5 Å². The van der Waals surface area contributed by atoms with Crippen molar-refractivity contribution in [1.82, 2.24) is 4.90 Å². The van der Waals surface area contributed by atoms with Crippen molar-refractivity contribution in [2.45, 2.75) is 45.6 Å². The van der Waals surface area contributed by atoms with E-state index >= 15 is 0 Å². The molecule has 0 radical (unpaired) electrons. The normalized spacial score (nSPS) is 16.0. The van der Waals surface area contributed by atoms with Crippen molar-refractivity contribution in [3.8, 4) is 0 Å². The molecule has 1 aliphatic rings. The minimum atomic E-state index is -0.462. The van der Waals surface area contributed by atoms with Gasteiger partial charge in [-0.2, -0.15) is 0 Å². The molecule has 2 aromatic carbocycles. The molecule has 3 rings (SSSR count). The van der Waals surface area contributed by atoms with Gasteiger partial charge in [-0.15, -0.1) is 0 Å². The summed E-state index contributed by atoms with van der Waals surface area (Å²) in [6, 6.07) is 15.0. The Balaban J connectivity index is 2.00. The van der Waals surface area contributed by atoms with Crippen LogP contribution in [0.25, 0.3) is 0 Å². The first kappa shape index (κ1) is 25.0. The SMILES string of the molecule is C=CCOC(=O)C1=C(C)N(Cc2cccc(C(=O)OC)c2)C(=O)CC1c1ccc(C(C)C)cc1. The van der Waals surface area contributed by atoms with E-state index < -0.39 is 17.9 Å². The molecule has 0 saturated carbocycles. The Morgan fingerprint density at radius 3 is 2.47 bits per heavy atom. The highest BCUT2D eigenvalue weighted by Gasteiger charge is 2.37. The van der Waals surface area contributed by atoms with Crippen molar-refractivity contribution < 1.29 is 23.9 Å². The Morgan fingerprint density at radius 1 is 1.15 bits per heavy atom. The van der Waals surface area contributed by atoms with Crippen LogP contribution in [0.4, 0.5) is 0 Å². The fourth-order valence-corrected chi connectivity index (χ4v) is 4.18. The lowest BCUT2D eigenvalue weighted by Crippen LogP contribution is -2.38. The van der Waals surface area contributed by atoms with Crippen LogP contribution < -0.4 is 0 Å². The summed E-state index contributed by atoms with van der Waals surface area (Å²) in [5.74, 6) is -1.02. The Bertz CT molecular complexity index is 1110. The summed E-state index contributed by atoms with van der Waals surface area (Å²) in [7, 11) is 1.32. The zero-order valence-corrected chi connectivity index (χ0v) is 20.2. The predicted molar refractivity (Wildman–Crippen MR) is 130 cm³/mol. The number of benzene rings is 2. The van der Waals surface area contributed by atoms with E-state index in [2.05, 4.69) is 20.4 Å². The van der Waals surface area contributed by atoms with Gasteiger partial charge in [-0.1, -0.05) is 62.9 Å². The molecular weight excluding hydrogens is 430 g/mol. The maximum Gasteiger partial charge on any atom is 0.337 e. The highest BCUT2D eigenvalue weighted by Crippen LogP contribution is 2.38. The molecule has 34 heavy (non-hydrogen) atoms. The number of rotatable bonds is 8. The van der Waals surface area contributed by atoms with Gasteiger partial charge in [0.25, 0.3) is 0 Å². The van der Waals surface area contributed by atoms with E-state index in [1.807, 2.05) is 30.3 Å². The number of carbonyl (C=O) groups is 3. The monoisotopic (exact) mass is 461 g/mol. The molecule has 1 amide bonds. The van der Waals surface area contributed by atoms with Gasteiger partial charge in [0.1, 0.15) is 6.61 Å². The van der Waals surface area contributed by atoms with E-state index in [9.17, 15) is 14.4 Å². The van der Waals surface area contributed by atoms with Crippen molar-refractivity contribution in [3.05, 3.63) is 94.7 Å². The van der Waals surface area contributed by atoms with E-state index in [0.717, 1.165) is 11.1 Å². The summed E-state index contributed by atoms with van der Waals surface area (Å²) >= 11 is 0. The van der Waals surface area contributed by atoms with Gasteiger partial charge < -0.3 is 14.4 Å². The molecule has 6 heteroatoms. The second-order valence-corrected chi connectivity index (χ2v) is 8.64. The number of methoxy groups -OCH3 is 1. The molecule has 1 aliphatic heterocycles. The van der Waals surface area contributed by atoms with Crippen molar-refractivity contribution in [1.29, 1.82) is 0 Å². The van der Waals surface area contributed by atoms with Crippen LogP contribution in [0.5, 0.6) is 0 Å². The third-order valence-corrected chi connectivity index (χ3v) is 6.07. The van der Waals surface area contributed by atoms with E-state index in [4.69, 9.17) is 9.47 Å². The van der Waals surface area contributed by atoms with Crippen molar-refractivity contribution in [2.75, 3.05) is 13.7 Å². The quantitative estimate of drug-likeness (QED) is 0.403. The highest BCUT2D eigenvalue weighted by molar-refractivity contribution is 5.96. The zero-order valence-electron chi connectivity index (χ0n) is 20.2. The molecule has 6 nitrogen and oxygen atoms in total. The minimum absolute atomic E-state index is 0.0870. The largest absolute Gasteiger partial charge is 0.465 e. The molecule has 0 spiro atoms. The lowest BCUT2D eigenvalue weighted by molar-refractivity contribution is -0.139. The first-order valence-corrected chi connectivity index (χ1v) is 11.3. The van der Waals surface area contributed by atoms with Gasteiger partial charge in [0.2, 0.25) is 5.91 Å². The summed E-state index contributed by atoms with van der Waals surface area (Å²) < 4.78 is 10.2. The molecule has 2 aromatic rings. The summed E-state index contributed by atoms with van der Waals surface area (Å²) in [5.41, 5.74) is 4.26. The predicted octanol–water partition coefficient (Wildman–Crippen LogP) is 5.12. The first-order valence-electron chi connectivity index (χ1n) is 11.3. The van der Waals surface area contributed by atoms with Crippen LogP contribution in [-0.2, 0) is 25.6 Å². The average molecular weight is 462 g/mol. The maximum atomic E-state index is 13.3. The second kappa shape index (κ2) is 11.0. The standard InChI is InChI=1S/C28H31NO5/c1-6-14-34-28(32)26-19(4)29(17-20-8-7-9-23(15-20)27(31)33-5)25(30)16-24(26)22-12-10-21(11-13-22)18(2)3/h6-13,15,18,24H,1,14,16-17H2,2-5H3. The van der Waals surface area contributed by atoms with Gasteiger partial charge in [-0.3, -0.25) is 4.79 Å². The number of hydrogen-bond donors (Lipinski definition) is 0. The van der Waals surface area contributed by atoms with Crippen LogP contribution >= 0.6 is 0 Å². The Labute approximate surface area is 200 Å². The molecule has 1 unspecified atom stereocenters. The molecule has 178 valence electrons. The van der Waals surface area contributed by atoms with Crippen LogP contribution in [0, 0.1) is 0 Å². The van der Waals surface area contributed by atoms with Gasteiger partial charge in [0.15, 0.2) is 0 Å². The lowest BCUT2D eigenvalue weighted by atomic mass is 9.83. The number of carbonyl (C=O) groups excluding carboxylic acids is 3. The fraction of sp³-hybridized carbons (Fsp3) is 0.321. The molecule has 0 aliphatic carbocycles. The van der Waals surface area contributed by atoms with Crippen LogP contribution in [0.1, 0.15) is 66.1 Å². The second-order valence-electron chi connectivity index (χ2n) is 8.64. The summed E-state index contributed by atoms with van der Waals surface area (Å²) in [6.45, 7) is 9.94. The highest BCUT2D eigenvalue weighted by atomic mass is 16.5. The lowest BCUT2D eigenvalue weighted by Gasteiger charge is -2.34. The number of amides is 1. The van der Waals surface area contributed by atoms with E-state index in [1.165, 1.54) is 18.7 Å². The fourth-order valence-electron chi connectivity index (χ4n) is 4.18. The number of esters is 2. The molecular formula is C28H31NO5. The Hall–Kier alpha value is -3.67. The molecule has 0 fully saturated rings. The van der Waals surface area contributed by atoms with Crippen LogP contribution in [0.2, 0.25) is 0 Å². The summed E-state index contributed by atoms with van der Waals surface area (Å²) in [6.07, 6.45) is 1.66. The average Bonchev–Trinajstić information content (AvgIpc) is 2.84. The maximum absolute atomic E-state index is 13.3. The van der Waals surface area contributed by atoms with Crippen molar-refractivity contribution in [3.63, 3.8) is 0 Å². The van der Waals surface area contributed by atoms with Crippen LogP contribution in [0.3, 0.4) is 0 Å². The smallest absolute Gasteiger partial charge is 0.337 e. The van der Waals surface area contributed by atoms with Crippen LogP contribution in [-0.4, -0.2) is 36.5 Å². The molecule has 1 atom stereocenters. The number of ether oxygens (including phenoxy) is 2. The number of nitrogens with zero attached hydrogens (tertiary/aromatic N) is 1. The van der Waals surface area contributed by atoms with Gasteiger partial charge in [-0.05, 0) is 41.7 Å². The molecule has 0 bridgehead atoms. The molecule has 0 saturated heterocycles. The van der Waals surface area contributed by atoms with E-state index in [-0.39, 0.29) is 25.5 Å². The number of hydrogen-bond acceptors (Lipinski definition) is 5. The van der Waals surface area contributed by atoms with Gasteiger partial charge in [-0.25, -0.2) is 9.59 Å². The summed E-state index contributed by atoms with van der Waals surface area (Å²) in [5, 5.41) is 0. The van der Waals surface area contributed by atoms with Crippen molar-refractivity contribution in [2.24, 2.45) is 0 Å². The topological polar surface area (TPSA) is 72.9 Å². The Morgan fingerprint density at radius 2 is 1.85 bits per heavy atom. The van der Waals surface area contributed by atoms with Gasteiger partial charge >= 0.3 is 11.9 Å². The summed E-state index contributed by atoms with van der Waals surface area (Å²) in [4.78, 5) is 39.8. The first-order chi connectivity index (χ1) is 16.3. The Kier molecular flexibility index (Phi) is 8.05. The van der Waals surface area contributed by atoms with E-state index in [1.54, 1.807) is 30.0 Å². The minimum Gasteiger partial charge on any atom is -0.465 e. The van der Waals surface area contributed by atoms with Gasteiger partial charge in [0.05, 0.1) is 24.8 Å².